The maximum atomic E-state index is 12.7. The zero-order valence-electron chi connectivity index (χ0n) is 17.8. The topological polar surface area (TPSA) is 273 Å². The van der Waals surface area contributed by atoms with Crippen molar-refractivity contribution in [3.05, 3.63) is 0 Å². The van der Waals surface area contributed by atoms with Crippen LogP contribution in [0.4, 0.5) is 0 Å². The highest BCUT2D eigenvalue weighted by Gasteiger charge is 2.32. The first-order valence-electron chi connectivity index (χ1n) is 9.61. The van der Waals surface area contributed by atoms with Crippen LogP contribution in [-0.4, -0.2) is 87.8 Å². The van der Waals surface area contributed by atoms with Gasteiger partial charge in [-0.3, -0.25) is 24.2 Å². The van der Waals surface area contributed by atoms with Gasteiger partial charge in [-0.25, -0.2) is 4.79 Å². The van der Waals surface area contributed by atoms with Crippen LogP contribution in [0.5, 0.6) is 0 Å². The molecule has 5 unspecified atom stereocenters. The van der Waals surface area contributed by atoms with Gasteiger partial charge in [0.1, 0.15) is 12.1 Å². The number of rotatable bonds is 14. The van der Waals surface area contributed by atoms with Crippen LogP contribution < -0.4 is 33.2 Å². The number of guanidine groups is 1. The van der Waals surface area contributed by atoms with Gasteiger partial charge in [0.05, 0.1) is 18.6 Å². The summed E-state index contributed by atoms with van der Waals surface area (Å²) in [5, 5.41) is 34.1. The highest BCUT2D eigenvalue weighted by Crippen LogP contribution is 2.03. The lowest BCUT2D eigenvalue weighted by molar-refractivity contribution is -0.146. The van der Waals surface area contributed by atoms with E-state index in [2.05, 4.69) is 15.6 Å². The fraction of sp³-hybridized carbons (Fsp3) is 0.647. The number of nitrogens with zero attached hydrogens (tertiary/aromatic N) is 1. The van der Waals surface area contributed by atoms with E-state index in [4.69, 9.17) is 27.4 Å². The lowest BCUT2D eigenvalue weighted by Gasteiger charge is -2.24. The standard InChI is InChI=1S/C17H31N7O8/c1-7(18)13(28)22-9(4-3-5-21-17(19)20)14(29)23-10(6-11(26)27)15(30)24-12(8(2)25)16(31)32/h7-10,12,25H,3-6,18H2,1-2H3,(H,22,28)(H,23,29)(H,24,30)(H,26,27)(H,31,32)(H4,19,20,21). The zero-order chi connectivity index (χ0) is 25.0. The number of amides is 3. The molecular weight excluding hydrogens is 430 g/mol. The molecule has 0 heterocycles. The van der Waals surface area contributed by atoms with Crippen LogP contribution in [0.25, 0.3) is 0 Å². The third kappa shape index (κ3) is 11.1. The molecular formula is C17H31N7O8. The maximum Gasteiger partial charge on any atom is 0.328 e. The molecule has 0 bridgehead atoms. The monoisotopic (exact) mass is 461 g/mol. The number of carboxylic acid groups (broad SMARTS) is 2. The Hall–Kier alpha value is -3.46. The number of nitrogens with two attached hydrogens (primary N) is 3. The van der Waals surface area contributed by atoms with Gasteiger partial charge in [-0.1, -0.05) is 0 Å². The van der Waals surface area contributed by atoms with E-state index in [1.54, 1.807) is 0 Å². The summed E-state index contributed by atoms with van der Waals surface area (Å²) in [5.41, 5.74) is 15.9. The summed E-state index contributed by atoms with van der Waals surface area (Å²) in [5.74, 6) is -5.92. The van der Waals surface area contributed by atoms with Gasteiger partial charge in [-0.15, -0.1) is 0 Å². The number of hydrogen-bond acceptors (Lipinski definition) is 8. The van der Waals surface area contributed by atoms with Crippen molar-refractivity contribution in [1.29, 1.82) is 0 Å². The molecule has 0 aromatic carbocycles. The first-order chi connectivity index (χ1) is 14.8. The van der Waals surface area contributed by atoms with Crippen molar-refractivity contribution in [2.75, 3.05) is 6.54 Å². The number of hydrogen-bond donors (Lipinski definition) is 9. The van der Waals surface area contributed by atoms with Crippen molar-refractivity contribution in [3.63, 3.8) is 0 Å². The van der Waals surface area contributed by atoms with Gasteiger partial charge in [-0.05, 0) is 26.7 Å². The molecule has 3 amide bonds. The van der Waals surface area contributed by atoms with E-state index in [1.807, 2.05) is 5.32 Å². The highest BCUT2D eigenvalue weighted by molar-refractivity contribution is 5.95. The molecule has 32 heavy (non-hydrogen) atoms. The van der Waals surface area contributed by atoms with Crippen LogP contribution in [0.15, 0.2) is 4.99 Å². The smallest absolute Gasteiger partial charge is 0.328 e. The number of carbonyl (C=O) groups is 5. The third-order valence-corrected chi connectivity index (χ3v) is 4.05. The predicted molar refractivity (Wildman–Crippen MR) is 111 cm³/mol. The molecule has 0 radical (unpaired) electrons. The molecule has 0 fully saturated rings. The van der Waals surface area contributed by atoms with Crippen molar-refractivity contribution in [1.82, 2.24) is 16.0 Å². The molecule has 0 rings (SSSR count). The van der Waals surface area contributed by atoms with Crippen molar-refractivity contribution >= 4 is 35.6 Å². The van der Waals surface area contributed by atoms with Crippen LogP contribution in [0.1, 0.15) is 33.1 Å². The van der Waals surface area contributed by atoms with Crippen LogP contribution in [0, 0.1) is 0 Å². The van der Waals surface area contributed by atoms with Gasteiger partial charge in [0.25, 0.3) is 0 Å². The predicted octanol–water partition coefficient (Wildman–Crippen LogP) is -4.22. The summed E-state index contributed by atoms with van der Waals surface area (Å²) in [6.45, 7) is 2.63. The molecule has 0 aliphatic heterocycles. The first-order valence-corrected chi connectivity index (χ1v) is 9.61. The second-order valence-corrected chi connectivity index (χ2v) is 7.02. The quantitative estimate of drug-likeness (QED) is 0.0679. The molecule has 0 saturated heterocycles. The van der Waals surface area contributed by atoms with Crippen LogP contribution >= 0.6 is 0 Å². The molecule has 0 aliphatic rings. The number of aliphatic carboxylic acids is 2. The summed E-state index contributed by atoms with van der Waals surface area (Å²) < 4.78 is 0. The molecule has 5 atom stereocenters. The summed E-state index contributed by atoms with van der Waals surface area (Å²) in [7, 11) is 0. The van der Waals surface area contributed by atoms with Crippen molar-refractivity contribution in [2.45, 2.75) is 63.4 Å². The van der Waals surface area contributed by atoms with Gasteiger partial charge in [0, 0.05) is 6.54 Å². The highest BCUT2D eigenvalue weighted by atomic mass is 16.4. The molecule has 0 saturated carbocycles. The number of carbonyl (C=O) groups excluding carboxylic acids is 3. The molecule has 15 nitrogen and oxygen atoms in total. The van der Waals surface area contributed by atoms with Crippen molar-refractivity contribution < 1.29 is 39.3 Å². The molecule has 0 aliphatic carbocycles. The van der Waals surface area contributed by atoms with Crippen LogP contribution in [-0.2, 0) is 24.0 Å². The van der Waals surface area contributed by atoms with E-state index < -0.39 is 66.4 Å². The normalized spacial score (nSPS) is 15.2. The molecule has 0 aromatic heterocycles. The molecule has 0 aromatic rings. The second kappa shape index (κ2) is 13.8. The average Bonchev–Trinajstić information content (AvgIpc) is 2.66. The van der Waals surface area contributed by atoms with E-state index in [0.29, 0.717) is 0 Å². The first kappa shape index (κ1) is 28.5. The lowest BCUT2D eigenvalue weighted by Crippen LogP contribution is -2.58. The minimum absolute atomic E-state index is 0.0217. The van der Waals surface area contributed by atoms with E-state index in [0.717, 1.165) is 6.92 Å². The molecule has 15 heteroatoms. The Kier molecular flexibility index (Phi) is 12.3. The fourth-order valence-electron chi connectivity index (χ4n) is 2.37. The molecule has 182 valence electrons. The van der Waals surface area contributed by atoms with Gasteiger partial charge in [0.15, 0.2) is 12.0 Å². The van der Waals surface area contributed by atoms with Gasteiger partial charge in [-0.2, -0.15) is 0 Å². The summed E-state index contributed by atoms with van der Waals surface area (Å²) in [4.78, 5) is 63.1. The molecule has 12 N–H and O–H groups in total. The average molecular weight is 461 g/mol. The van der Waals surface area contributed by atoms with E-state index in [9.17, 15) is 29.1 Å². The number of aliphatic imine (C=N–C) groups is 1. The molecule has 0 spiro atoms. The van der Waals surface area contributed by atoms with E-state index in [1.165, 1.54) is 6.92 Å². The number of aliphatic hydroxyl groups excluding tert-OH is 1. The lowest BCUT2D eigenvalue weighted by atomic mass is 10.1. The van der Waals surface area contributed by atoms with Crippen LogP contribution in [0.3, 0.4) is 0 Å². The number of nitrogens with one attached hydrogen (secondary N) is 3. The third-order valence-electron chi connectivity index (χ3n) is 4.05. The Labute approximate surface area is 183 Å². The summed E-state index contributed by atoms with van der Waals surface area (Å²) >= 11 is 0. The number of aliphatic hydroxyl groups is 1. The summed E-state index contributed by atoms with van der Waals surface area (Å²) in [6.07, 6.45) is -2.11. The Morgan fingerprint density at radius 3 is 1.88 bits per heavy atom. The van der Waals surface area contributed by atoms with Crippen molar-refractivity contribution in [2.24, 2.45) is 22.2 Å². The van der Waals surface area contributed by atoms with Crippen molar-refractivity contribution in [3.8, 4) is 0 Å². The fourth-order valence-corrected chi connectivity index (χ4v) is 2.37. The van der Waals surface area contributed by atoms with Gasteiger partial charge in [0.2, 0.25) is 17.7 Å². The van der Waals surface area contributed by atoms with Gasteiger partial charge >= 0.3 is 11.9 Å². The van der Waals surface area contributed by atoms with Gasteiger partial charge < -0.3 is 48.5 Å². The van der Waals surface area contributed by atoms with E-state index >= 15 is 0 Å². The zero-order valence-corrected chi connectivity index (χ0v) is 17.8. The Bertz CT molecular complexity index is 722. The minimum Gasteiger partial charge on any atom is -0.481 e. The minimum atomic E-state index is -1.73. The van der Waals surface area contributed by atoms with E-state index in [-0.39, 0.29) is 25.3 Å². The Balaban J connectivity index is 5.48. The largest absolute Gasteiger partial charge is 0.481 e. The number of carboxylic acids is 2. The SMILES string of the molecule is CC(N)C(=O)NC(CCCN=C(N)N)C(=O)NC(CC(=O)O)C(=O)NC(C(=O)O)C(C)O. The second-order valence-electron chi connectivity index (χ2n) is 7.02. The maximum absolute atomic E-state index is 12.7. The Morgan fingerprint density at radius 1 is 0.906 bits per heavy atom. The van der Waals surface area contributed by atoms with Crippen LogP contribution in [0.2, 0.25) is 0 Å². The summed E-state index contributed by atoms with van der Waals surface area (Å²) in [6, 6.07) is -5.58. The Morgan fingerprint density at radius 2 is 1.44 bits per heavy atom.